The molecule has 4 nitrogen and oxygen atoms in total. The molecule has 0 bridgehead atoms. The van der Waals surface area contributed by atoms with E-state index >= 15 is 0 Å². The fourth-order valence-corrected chi connectivity index (χ4v) is 2.28. The van der Waals surface area contributed by atoms with E-state index in [0.29, 0.717) is 18.4 Å². The summed E-state index contributed by atoms with van der Waals surface area (Å²) in [6, 6.07) is 3.77. The lowest BCUT2D eigenvalue weighted by Crippen LogP contribution is -2.36. The fraction of sp³-hybridized carbons (Fsp3) is 0.417. The zero-order valence-electron chi connectivity index (χ0n) is 9.31. The number of carboxylic acids is 1. The van der Waals surface area contributed by atoms with Crippen molar-refractivity contribution in [1.29, 1.82) is 0 Å². The van der Waals surface area contributed by atoms with Crippen molar-refractivity contribution in [3.63, 3.8) is 0 Å². The zero-order chi connectivity index (χ0) is 12.6. The Morgan fingerprint density at radius 2 is 2.18 bits per heavy atom. The van der Waals surface area contributed by atoms with E-state index in [0.717, 1.165) is 6.07 Å². The van der Waals surface area contributed by atoms with Gasteiger partial charge in [0.25, 0.3) is 0 Å². The molecule has 2 N–H and O–H groups in total. The molecule has 0 saturated heterocycles. The van der Waals surface area contributed by atoms with Crippen LogP contribution in [0.2, 0.25) is 0 Å². The highest BCUT2D eigenvalue weighted by Gasteiger charge is 2.55. The van der Waals surface area contributed by atoms with Crippen molar-refractivity contribution < 1.29 is 24.1 Å². The number of rotatable bonds is 4. The van der Waals surface area contributed by atoms with E-state index < -0.39 is 23.3 Å². The number of halogens is 1. The van der Waals surface area contributed by atoms with Crippen molar-refractivity contribution in [3.8, 4) is 5.75 Å². The summed E-state index contributed by atoms with van der Waals surface area (Å²) in [4.78, 5) is 11.1. The van der Waals surface area contributed by atoms with Crippen LogP contribution in [-0.4, -0.2) is 29.4 Å². The second kappa shape index (κ2) is 4.00. The number of hydrogen-bond donors (Lipinski definition) is 2. The normalized spacial score (nSPS) is 18.7. The van der Waals surface area contributed by atoms with Gasteiger partial charge < -0.3 is 14.9 Å². The van der Waals surface area contributed by atoms with Crippen molar-refractivity contribution in [2.45, 2.75) is 24.4 Å². The van der Waals surface area contributed by atoms with E-state index in [1.807, 2.05) is 0 Å². The summed E-state index contributed by atoms with van der Waals surface area (Å²) in [6.07, 6.45) is 0.0838. The lowest BCUT2D eigenvalue weighted by molar-refractivity contribution is -0.150. The Bertz CT molecular complexity index is 454. The number of aromatic hydroxyl groups is 1. The number of hydrogen-bond acceptors (Lipinski definition) is 3. The first kappa shape index (κ1) is 11.9. The third-order valence-electron chi connectivity index (χ3n) is 3.24. The van der Waals surface area contributed by atoms with Crippen LogP contribution < -0.4 is 0 Å². The summed E-state index contributed by atoms with van der Waals surface area (Å²) >= 11 is 0. The number of benzene rings is 1. The monoisotopic (exact) mass is 240 g/mol. The summed E-state index contributed by atoms with van der Waals surface area (Å²) in [7, 11) is 1.30. The molecule has 1 fully saturated rings. The SMILES string of the molecule is COC(C(=O)O)C1(c2ccc(O)cc2F)CC1. The van der Waals surface area contributed by atoms with Crippen LogP contribution in [-0.2, 0) is 14.9 Å². The van der Waals surface area contributed by atoms with Gasteiger partial charge in [0.1, 0.15) is 11.6 Å². The van der Waals surface area contributed by atoms with Gasteiger partial charge in [0.05, 0.1) is 0 Å². The van der Waals surface area contributed by atoms with E-state index in [-0.39, 0.29) is 5.75 Å². The molecule has 5 heteroatoms. The van der Waals surface area contributed by atoms with Gasteiger partial charge >= 0.3 is 5.97 Å². The number of phenolic OH excluding ortho intramolecular Hbond substituents is 1. The topological polar surface area (TPSA) is 66.8 Å². The Hall–Kier alpha value is -1.62. The molecular weight excluding hydrogens is 227 g/mol. The van der Waals surface area contributed by atoms with Gasteiger partial charge in [-0.2, -0.15) is 0 Å². The van der Waals surface area contributed by atoms with Crippen molar-refractivity contribution in [2.24, 2.45) is 0 Å². The first-order valence-corrected chi connectivity index (χ1v) is 5.26. The molecule has 0 spiro atoms. The molecule has 1 aliphatic rings. The molecule has 0 aliphatic heterocycles. The molecule has 1 atom stereocenters. The number of phenols is 1. The predicted octanol–water partition coefficient (Wildman–Crippen LogP) is 1.66. The van der Waals surface area contributed by atoms with Crippen LogP contribution in [0, 0.1) is 5.82 Å². The number of carbonyl (C=O) groups is 1. The van der Waals surface area contributed by atoms with Crippen LogP contribution in [0.15, 0.2) is 18.2 Å². The standard InChI is InChI=1S/C12H13FO4/c1-17-10(11(15)16)12(4-5-12)8-3-2-7(14)6-9(8)13/h2-3,6,10,14H,4-5H2,1H3,(H,15,16). The molecule has 17 heavy (non-hydrogen) atoms. The second-order valence-corrected chi connectivity index (χ2v) is 4.27. The zero-order valence-corrected chi connectivity index (χ0v) is 9.31. The van der Waals surface area contributed by atoms with Gasteiger partial charge in [-0.15, -0.1) is 0 Å². The average Bonchev–Trinajstić information content (AvgIpc) is 2.99. The van der Waals surface area contributed by atoms with Crippen molar-refractivity contribution in [3.05, 3.63) is 29.6 Å². The highest BCUT2D eigenvalue weighted by atomic mass is 19.1. The van der Waals surface area contributed by atoms with Crippen LogP contribution in [0.1, 0.15) is 18.4 Å². The Morgan fingerprint density at radius 3 is 2.59 bits per heavy atom. The van der Waals surface area contributed by atoms with Crippen molar-refractivity contribution in [1.82, 2.24) is 0 Å². The molecule has 0 amide bonds. The maximum Gasteiger partial charge on any atom is 0.333 e. The van der Waals surface area contributed by atoms with Crippen molar-refractivity contribution in [2.75, 3.05) is 7.11 Å². The van der Waals surface area contributed by atoms with Crippen LogP contribution in [0.5, 0.6) is 5.75 Å². The maximum absolute atomic E-state index is 13.7. The minimum atomic E-state index is -1.10. The third kappa shape index (κ3) is 1.86. The molecule has 0 radical (unpaired) electrons. The largest absolute Gasteiger partial charge is 0.508 e. The minimum Gasteiger partial charge on any atom is -0.508 e. The highest BCUT2D eigenvalue weighted by Crippen LogP contribution is 2.53. The first-order chi connectivity index (χ1) is 8.01. The molecule has 0 aromatic heterocycles. The van der Waals surface area contributed by atoms with Gasteiger partial charge in [-0.25, -0.2) is 9.18 Å². The van der Waals surface area contributed by atoms with E-state index in [1.165, 1.54) is 19.2 Å². The Labute approximate surface area is 97.6 Å². The highest BCUT2D eigenvalue weighted by molar-refractivity contribution is 5.76. The quantitative estimate of drug-likeness (QED) is 0.840. The molecule has 1 unspecified atom stereocenters. The number of aliphatic carboxylic acids is 1. The summed E-state index contributed by atoms with van der Waals surface area (Å²) in [5, 5.41) is 18.2. The van der Waals surface area contributed by atoms with Crippen LogP contribution in [0.4, 0.5) is 4.39 Å². The smallest absolute Gasteiger partial charge is 0.333 e. The summed E-state index contributed by atoms with van der Waals surface area (Å²) in [5.41, 5.74) is -0.497. The minimum absolute atomic E-state index is 0.175. The third-order valence-corrected chi connectivity index (χ3v) is 3.24. The average molecular weight is 240 g/mol. The molecule has 1 aromatic rings. The Balaban J connectivity index is 2.41. The van der Waals surface area contributed by atoms with Gasteiger partial charge in [0, 0.05) is 18.6 Å². The van der Waals surface area contributed by atoms with E-state index in [1.54, 1.807) is 0 Å². The fourth-order valence-electron chi connectivity index (χ4n) is 2.28. The predicted molar refractivity (Wildman–Crippen MR) is 57.4 cm³/mol. The molecular formula is C12H13FO4. The van der Waals surface area contributed by atoms with Crippen LogP contribution in [0.3, 0.4) is 0 Å². The molecule has 0 heterocycles. The molecule has 2 rings (SSSR count). The van der Waals surface area contributed by atoms with Gasteiger partial charge in [-0.1, -0.05) is 6.07 Å². The molecule has 1 aromatic carbocycles. The van der Waals surface area contributed by atoms with Gasteiger partial charge in [0.15, 0.2) is 6.10 Å². The lowest BCUT2D eigenvalue weighted by Gasteiger charge is -2.23. The van der Waals surface area contributed by atoms with Crippen LogP contribution in [0.25, 0.3) is 0 Å². The summed E-state index contributed by atoms with van der Waals surface area (Å²) in [6.45, 7) is 0. The van der Waals surface area contributed by atoms with E-state index in [4.69, 9.17) is 14.9 Å². The van der Waals surface area contributed by atoms with Gasteiger partial charge in [-0.05, 0) is 24.5 Å². The Kier molecular flexibility index (Phi) is 2.79. The number of carboxylic acid groups (broad SMARTS) is 1. The number of ether oxygens (including phenoxy) is 1. The van der Waals surface area contributed by atoms with E-state index in [9.17, 15) is 9.18 Å². The first-order valence-electron chi connectivity index (χ1n) is 5.26. The lowest BCUT2D eigenvalue weighted by atomic mass is 9.89. The van der Waals surface area contributed by atoms with Gasteiger partial charge in [-0.3, -0.25) is 0 Å². The Morgan fingerprint density at radius 1 is 1.53 bits per heavy atom. The summed E-state index contributed by atoms with van der Waals surface area (Å²) < 4.78 is 18.7. The summed E-state index contributed by atoms with van der Waals surface area (Å²) in [5.74, 6) is -1.87. The molecule has 1 aliphatic carbocycles. The van der Waals surface area contributed by atoms with Crippen molar-refractivity contribution >= 4 is 5.97 Å². The number of methoxy groups -OCH3 is 1. The molecule has 92 valence electrons. The maximum atomic E-state index is 13.7. The van der Waals surface area contributed by atoms with Gasteiger partial charge in [0.2, 0.25) is 0 Å². The molecule has 1 saturated carbocycles. The van der Waals surface area contributed by atoms with E-state index in [2.05, 4.69) is 0 Å². The van der Waals surface area contributed by atoms with Crippen LogP contribution >= 0.6 is 0 Å². The second-order valence-electron chi connectivity index (χ2n) is 4.27.